The second kappa shape index (κ2) is 11.5. The van der Waals surface area contributed by atoms with E-state index in [1.165, 1.54) is 6.33 Å². The molecule has 8 rings (SSSR count). The zero-order valence-corrected chi connectivity index (χ0v) is 27.0. The number of ether oxygens (including phenoxy) is 3. The number of fused-ring (bicyclic) bond motifs is 3. The SMILES string of the molecule is CC(C)(C)OC(=O)N1[C@@H]2C[C@H]1CN(CCOc1ccc(-c3nc4c(OC5(C)CC5)ncnc4n3Cc3ccccc3)c(Cl)c1)C2. The molecule has 5 heterocycles. The van der Waals surface area contributed by atoms with Crippen LogP contribution >= 0.6 is 11.6 Å². The molecule has 3 aliphatic heterocycles. The van der Waals surface area contributed by atoms with Crippen molar-refractivity contribution >= 4 is 28.9 Å². The molecule has 1 saturated carbocycles. The Morgan fingerprint density at radius 2 is 1.82 bits per heavy atom. The molecular weight excluding hydrogens is 592 g/mol. The molecule has 2 atom stereocenters. The highest BCUT2D eigenvalue weighted by molar-refractivity contribution is 6.33. The van der Waals surface area contributed by atoms with Gasteiger partial charge in [0.25, 0.3) is 0 Å². The molecule has 0 spiro atoms. The summed E-state index contributed by atoms with van der Waals surface area (Å²) < 4.78 is 20.1. The zero-order valence-electron chi connectivity index (χ0n) is 26.2. The molecule has 11 heteroatoms. The van der Waals surface area contributed by atoms with Gasteiger partial charge in [-0.25, -0.2) is 14.8 Å². The van der Waals surface area contributed by atoms with Crippen LogP contribution in [0.25, 0.3) is 22.6 Å². The van der Waals surface area contributed by atoms with Gasteiger partial charge in [-0.3, -0.25) is 9.80 Å². The molecule has 4 aromatic rings. The summed E-state index contributed by atoms with van der Waals surface area (Å²) in [6, 6.07) is 16.3. The Balaban J connectivity index is 1.05. The smallest absolute Gasteiger partial charge is 0.410 e. The van der Waals surface area contributed by atoms with E-state index in [0.29, 0.717) is 46.8 Å². The molecule has 0 radical (unpaired) electrons. The number of carbonyl (C=O) groups is 1. The number of benzene rings is 2. The molecule has 4 fully saturated rings. The lowest BCUT2D eigenvalue weighted by molar-refractivity contribution is -0.0777. The summed E-state index contributed by atoms with van der Waals surface area (Å²) in [5.74, 6) is 1.88. The molecule has 236 valence electrons. The number of halogens is 1. The first-order chi connectivity index (χ1) is 21.6. The molecule has 0 unspecified atom stereocenters. The first-order valence-electron chi connectivity index (χ1n) is 15.7. The van der Waals surface area contributed by atoms with Gasteiger partial charge in [0.1, 0.15) is 35.7 Å². The highest BCUT2D eigenvalue weighted by atomic mass is 35.5. The van der Waals surface area contributed by atoms with Gasteiger partial charge in [0.05, 0.1) is 23.7 Å². The zero-order chi connectivity index (χ0) is 31.3. The van der Waals surface area contributed by atoms with Crippen LogP contribution in [0.3, 0.4) is 0 Å². The van der Waals surface area contributed by atoms with Crippen molar-refractivity contribution in [2.45, 2.75) is 76.8 Å². The second-order valence-corrected chi connectivity index (χ2v) is 14.0. The fraction of sp³-hybridized carbons (Fsp3) is 0.471. The van der Waals surface area contributed by atoms with Gasteiger partial charge in [-0.2, -0.15) is 4.98 Å². The number of aromatic nitrogens is 4. The minimum atomic E-state index is -0.486. The van der Waals surface area contributed by atoms with E-state index in [1.54, 1.807) is 0 Å². The summed E-state index contributed by atoms with van der Waals surface area (Å²) in [4.78, 5) is 30.9. The largest absolute Gasteiger partial charge is 0.492 e. The van der Waals surface area contributed by atoms with Crippen LogP contribution in [0.1, 0.15) is 52.5 Å². The molecule has 2 aromatic carbocycles. The number of imidazole rings is 1. The number of carbonyl (C=O) groups excluding carboxylic acids is 1. The van der Waals surface area contributed by atoms with Gasteiger partial charge in [0.2, 0.25) is 5.88 Å². The maximum atomic E-state index is 12.6. The third-order valence-electron chi connectivity index (χ3n) is 8.71. The van der Waals surface area contributed by atoms with E-state index < -0.39 is 5.60 Å². The molecule has 2 aromatic heterocycles. The number of amides is 1. The van der Waals surface area contributed by atoms with Crippen LogP contribution in [0.2, 0.25) is 5.02 Å². The van der Waals surface area contributed by atoms with E-state index in [0.717, 1.165) is 50.0 Å². The van der Waals surface area contributed by atoms with Crippen molar-refractivity contribution in [2.75, 3.05) is 26.2 Å². The Labute approximate surface area is 268 Å². The molecule has 1 amide bonds. The number of hydrogen-bond acceptors (Lipinski definition) is 8. The number of nitrogens with zero attached hydrogens (tertiary/aromatic N) is 6. The summed E-state index contributed by atoms with van der Waals surface area (Å²) in [5, 5.41) is 0.536. The topological polar surface area (TPSA) is 94.8 Å². The maximum absolute atomic E-state index is 12.6. The molecule has 45 heavy (non-hydrogen) atoms. The summed E-state index contributed by atoms with van der Waals surface area (Å²) in [7, 11) is 0. The molecule has 4 aliphatic rings. The molecule has 3 saturated heterocycles. The van der Waals surface area contributed by atoms with Crippen LogP contribution in [0, 0.1) is 0 Å². The van der Waals surface area contributed by atoms with Crippen LogP contribution in [0.5, 0.6) is 11.6 Å². The lowest BCUT2D eigenvalue weighted by atomic mass is 9.88. The summed E-state index contributed by atoms with van der Waals surface area (Å²) >= 11 is 6.91. The quantitative estimate of drug-likeness (QED) is 0.216. The highest BCUT2D eigenvalue weighted by Gasteiger charge is 2.48. The normalized spacial score (nSPS) is 20.5. The van der Waals surface area contributed by atoms with Crippen LogP contribution in [-0.4, -0.2) is 84.9 Å². The van der Waals surface area contributed by atoms with Crippen LogP contribution in [0.15, 0.2) is 54.9 Å². The van der Waals surface area contributed by atoms with Crippen molar-refractivity contribution in [3.63, 3.8) is 0 Å². The van der Waals surface area contributed by atoms with Crippen molar-refractivity contribution in [2.24, 2.45) is 0 Å². The highest BCUT2D eigenvalue weighted by Crippen LogP contribution is 2.41. The average molecular weight is 631 g/mol. The van der Waals surface area contributed by atoms with Gasteiger partial charge < -0.3 is 18.8 Å². The number of rotatable bonds is 9. The first-order valence-corrected chi connectivity index (χ1v) is 16.0. The second-order valence-electron chi connectivity index (χ2n) is 13.6. The third kappa shape index (κ3) is 6.31. The molecule has 10 nitrogen and oxygen atoms in total. The van der Waals surface area contributed by atoms with E-state index in [4.69, 9.17) is 30.8 Å². The van der Waals surface area contributed by atoms with E-state index >= 15 is 0 Å². The van der Waals surface area contributed by atoms with Crippen molar-refractivity contribution in [3.8, 4) is 23.0 Å². The van der Waals surface area contributed by atoms with Crippen molar-refractivity contribution in [1.82, 2.24) is 29.3 Å². The fourth-order valence-corrected chi connectivity index (χ4v) is 6.43. The Morgan fingerprint density at radius 3 is 2.51 bits per heavy atom. The van der Waals surface area contributed by atoms with Crippen LogP contribution in [0.4, 0.5) is 4.79 Å². The number of piperazine rings is 1. The maximum Gasteiger partial charge on any atom is 0.410 e. The van der Waals surface area contributed by atoms with Gasteiger partial charge in [0.15, 0.2) is 11.2 Å². The lowest BCUT2D eigenvalue weighted by Gasteiger charge is -2.55. The molecule has 0 N–H and O–H groups in total. The van der Waals surface area contributed by atoms with Gasteiger partial charge in [-0.15, -0.1) is 0 Å². The third-order valence-corrected chi connectivity index (χ3v) is 9.02. The van der Waals surface area contributed by atoms with Crippen molar-refractivity contribution in [3.05, 3.63) is 65.4 Å². The Hall–Kier alpha value is -3.89. The van der Waals surface area contributed by atoms with Crippen LogP contribution < -0.4 is 9.47 Å². The Kier molecular flexibility index (Phi) is 7.60. The molecule has 1 aliphatic carbocycles. The average Bonchev–Trinajstić information content (AvgIpc) is 3.60. The van der Waals surface area contributed by atoms with Gasteiger partial charge in [-0.1, -0.05) is 41.9 Å². The summed E-state index contributed by atoms with van der Waals surface area (Å²) in [6.07, 6.45) is 4.34. The van der Waals surface area contributed by atoms with E-state index in [2.05, 4.69) is 38.5 Å². The van der Waals surface area contributed by atoms with E-state index in [-0.39, 0.29) is 23.8 Å². The van der Waals surface area contributed by atoms with Crippen molar-refractivity contribution < 1.29 is 19.0 Å². The van der Waals surface area contributed by atoms with E-state index in [9.17, 15) is 4.79 Å². The molecular formula is C34H39ClN6O4. The summed E-state index contributed by atoms with van der Waals surface area (Å²) in [6.45, 7) is 11.3. The summed E-state index contributed by atoms with van der Waals surface area (Å²) in [5.41, 5.74) is 2.53. The number of hydrogen-bond donors (Lipinski definition) is 0. The minimum absolute atomic E-state index is 0.199. The van der Waals surface area contributed by atoms with Crippen LogP contribution in [-0.2, 0) is 11.3 Å². The number of piperidine rings is 1. The Bertz CT molecular complexity index is 1710. The lowest BCUT2D eigenvalue weighted by Crippen LogP contribution is -2.70. The van der Waals surface area contributed by atoms with E-state index in [1.807, 2.05) is 62.1 Å². The van der Waals surface area contributed by atoms with Gasteiger partial charge >= 0.3 is 6.09 Å². The van der Waals surface area contributed by atoms with Crippen molar-refractivity contribution in [1.29, 1.82) is 0 Å². The molecule has 2 bridgehead atoms. The van der Waals surface area contributed by atoms with Gasteiger partial charge in [0, 0.05) is 25.2 Å². The Morgan fingerprint density at radius 1 is 1.07 bits per heavy atom. The minimum Gasteiger partial charge on any atom is -0.492 e. The van der Waals surface area contributed by atoms with Gasteiger partial charge in [-0.05, 0) is 70.7 Å². The first kappa shape index (κ1) is 29.8. The predicted molar refractivity (Wildman–Crippen MR) is 172 cm³/mol. The predicted octanol–water partition coefficient (Wildman–Crippen LogP) is 6.20. The fourth-order valence-electron chi connectivity index (χ4n) is 6.18. The standard InChI is InChI=1S/C34H39ClN6O4/c1-33(2,3)45-32(42)41-23-16-24(41)20-39(19-23)14-15-43-25-10-11-26(27(35)17-25)29-38-28-30(40(29)18-22-8-6-5-7-9-22)36-21-37-31(28)44-34(4)12-13-34/h5-11,17,21,23-24H,12-16,18-20H2,1-4H3/t23-,24+. The monoisotopic (exact) mass is 630 g/mol.